The van der Waals surface area contributed by atoms with E-state index in [1.165, 1.54) is 4.67 Å². The van der Waals surface area contributed by atoms with Crippen LogP contribution in [-0.4, -0.2) is 44.1 Å². The van der Waals surface area contributed by atoms with E-state index in [2.05, 4.69) is 0 Å². The van der Waals surface area contributed by atoms with Crippen LogP contribution < -0.4 is 5.73 Å². The summed E-state index contributed by atoms with van der Waals surface area (Å²) in [5, 5.41) is 0. The molecular weight excluding hydrogens is 215 g/mol. The molecule has 0 radical (unpaired) electrons. The predicted molar refractivity (Wildman–Crippen MR) is 60.9 cm³/mol. The predicted octanol–water partition coefficient (Wildman–Crippen LogP) is 1.36. The number of hydrogen-bond acceptors (Lipinski definition) is 4. The molecule has 2 N–H and O–H groups in total. The maximum Gasteiger partial charge on any atom is 0.615 e. The van der Waals surface area contributed by atoms with Gasteiger partial charge in [-0.25, -0.2) is 0 Å². The number of hydrogen-bond donors (Lipinski definition) is 1. The minimum atomic E-state index is -1.76. The molecule has 0 aromatic heterocycles. The van der Waals surface area contributed by atoms with Crippen molar-refractivity contribution in [1.82, 2.24) is 4.67 Å². The van der Waals surface area contributed by atoms with Crippen LogP contribution in [-0.2, 0) is 13.8 Å². The molecule has 0 saturated heterocycles. The zero-order valence-electron chi connectivity index (χ0n) is 9.97. The largest absolute Gasteiger partial charge is 0.615 e. The Hall–Kier alpha value is -0.0600. The van der Waals surface area contributed by atoms with E-state index in [1.54, 1.807) is 14.1 Å². The molecule has 0 aliphatic heterocycles. The van der Waals surface area contributed by atoms with Crippen molar-refractivity contribution in [3.05, 3.63) is 0 Å². The number of rotatable bonds is 8. The maximum atomic E-state index is 11.3. The van der Waals surface area contributed by atoms with Gasteiger partial charge >= 0.3 is 8.18 Å². The summed E-state index contributed by atoms with van der Waals surface area (Å²) >= 11 is 0. The Morgan fingerprint density at radius 2 is 2.07 bits per heavy atom. The molecule has 3 atom stereocenters. The highest BCUT2D eigenvalue weighted by Gasteiger charge is 2.24. The summed E-state index contributed by atoms with van der Waals surface area (Å²) in [7, 11) is 1.64. The monoisotopic (exact) mass is 237 g/mol. The molecule has 6 heteroatoms. The molecule has 0 amide bonds. The van der Waals surface area contributed by atoms with Crippen molar-refractivity contribution in [3.8, 4) is 0 Å². The lowest BCUT2D eigenvalue weighted by Crippen LogP contribution is -2.31. The van der Waals surface area contributed by atoms with E-state index in [9.17, 15) is 4.57 Å². The number of nitrogens with two attached hydrogens (primary N) is 1. The molecule has 0 aromatic rings. The first-order valence-corrected chi connectivity index (χ1v) is 6.27. The third kappa shape index (κ3) is 6.93. The van der Waals surface area contributed by atoms with E-state index >= 15 is 0 Å². The summed E-state index contributed by atoms with van der Waals surface area (Å²) in [5.74, 6) is 0. The van der Waals surface area contributed by atoms with Gasteiger partial charge in [0.25, 0.3) is 0 Å². The quantitative estimate of drug-likeness (QED) is 0.646. The average Bonchev–Trinajstić information content (AvgIpc) is 2.22. The van der Waals surface area contributed by atoms with Gasteiger partial charge in [-0.05, 0) is 17.9 Å². The molecule has 0 spiro atoms. The SMILES string of the molecule is CC[C@H](C)O[C@@H](CN)CO[P+](=O)N(C)C. The smallest absolute Gasteiger partial charge is 0.371 e. The topological polar surface area (TPSA) is 64.8 Å². The zero-order valence-corrected chi connectivity index (χ0v) is 10.9. The second-order valence-electron chi connectivity index (χ2n) is 3.59. The Labute approximate surface area is 92.8 Å². The lowest BCUT2D eigenvalue weighted by molar-refractivity contribution is -0.0211. The van der Waals surface area contributed by atoms with Crippen molar-refractivity contribution in [2.24, 2.45) is 5.73 Å². The van der Waals surface area contributed by atoms with E-state index in [1.807, 2.05) is 13.8 Å². The van der Waals surface area contributed by atoms with Crippen molar-refractivity contribution in [2.75, 3.05) is 27.2 Å². The van der Waals surface area contributed by atoms with Crippen molar-refractivity contribution in [1.29, 1.82) is 0 Å². The van der Waals surface area contributed by atoms with E-state index in [0.717, 1.165) is 6.42 Å². The second-order valence-corrected chi connectivity index (χ2v) is 5.13. The van der Waals surface area contributed by atoms with Crippen LogP contribution in [0.2, 0.25) is 0 Å². The molecule has 90 valence electrons. The molecule has 1 unspecified atom stereocenters. The molecule has 0 rings (SSSR count). The van der Waals surface area contributed by atoms with Crippen molar-refractivity contribution >= 4 is 8.18 Å². The molecule has 0 aromatic carbocycles. The fourth-order valence-corrected chi connectivity index (χ4v) is 1.37. The molecule has 0 bridgehead atoms. The third-order valence-electron chi connectivity index (χ3n) is 1.96. The number of ether oxygens (including phenoxy) is 1. The van der Waals surface area contributed by atoms with Gasteiger partial charge in [0.15, 0.2) is 0 Å². The summed E-state index contributed by atoms with van der Waals surface area (Å²) in [4.78, 5) is 0. The lowest BCUT2D eigenvalue weighted by atomic mass is 10.3. The van der Waals surface area contributed by atoms with E-state index in [0.29, 0.717) is 6.54 Å². The summed E-state index contributed by atoms with van der Waals surface area (Å²) in [6, 6.07) is 0. The standard InChI is InChI=1S/C9H22N2O3P/c1-5-8(2)14-9(6-10)7-13-15(12)11(3)4/h8-9H,5-7,10H2,1-4H3/q+1/t8-,9-/m0/s1. The minimum Gasteiger partial charge on any atom is -0.371 e. The van der Waals surface area contributed by atoms with Crippen LogP contribution in [0.4, 0.5) is 0 Å². The maximum absolute atomic E-state index is 11.3. The normalized spacial score (nSPS) is 16.5. The van der Waals surface area contributed by atoms with Crippen molar-refractivity contribution in [3.63, 3.8) is 0 Å². The first kappa shape index (κ1) is 14.9. The lowest BCUT2D eigenvalue weighted by Gasteiger charge is -2.17. The van der Waals surface area contributed by atoms with Crippen molar-refractivity contribution < 1.29 is 13.8 Å². The Bertz CT molecular complexity index is 190. The third-order valence-corrected chi connectivity index (χ3v) is 2.98. The van der Waals surface area contributed by atoms with Gasteiger partial charge in [-0.2, -0.15) is 0 Å². The van der Waals surface area contributed by atoms with E-state index in [-0.39, 0.29) is 18.8 Å². The summed E-state index contributed by atoms with van der Waals surface area (Å²) in [5.41, 5.74) is 5.52. The van der Waals surface area contributed by atoms with Gasteiger partial charge in [-0.3, -0.25) is 0 Å². The molecule has 5 nitrogen and oxygen atoms in total. The first-order chi connectivity index (χ1) is 7.01. The van der Waals surface area contributed by atoms with Crippen LogP contribution in [0.3, 0.4) is 0 Å². The van der Waals surface area contributed by atoms with Gasteiger partial charge in [-0.1, -0.05) is 11.6 Å². The van der Waals surface area contributed by atoms with Crippen molar-refractivity contribution in [2.45, 2.75) is 32.5 Å². The van der Waals surface area contributed by atoms with Gasteiger partial charge < -0.3 is 10.5 Å². The van der Waals surface area contributed by atoms with Crippen LogP contribution >= 0.6 is 8.18 Å². The molecule has 0 saturated carbocycles. The van der Waals surface area contributed by atoms with Gasteiger partial charge in [0.2, 0.25) is 0 Å². The Balaban J connectivity index is 3.84. The zero-order chi connectivity index (χ0) is 11.8. The molecule has 0 aliphatic rings. The highest BCUT2D eigenvalue weighted by atomic mass is 31.1. The summed E-state index contributed by atoms with van der Waals surface area (Å²) in [6.45, 7) is 4.67. The van der Waals surface area contributed by atoms with E-state index in [4.69, 9.17) is 15.0 Å². The van der Waals surface area contributed by atoms with Crippen LogP contribution in [0, 0.1) is 0 Å². The summed E-state index contributed by atoms with van der Waals surface area (Å²) in [6.07, 6.45) is 0.897. The van der Waals surface area contributed by atoms with Gasteiger partial charge in [0, 0.05) is 20.6 Å². The fourth-order valence-electron chi connectivity index (χ4n) is 0.850. The molecule has 0 fully saturated rings. The molecule has 15 heavy (non-hydrogen) atoms. The Morgan fingerprint density at radius 1 is 1.47 bits per heavy atom. The van der Waals surface area contributed by atoms with Crippen LogP contribution in [0.15, 0.2) is 0 Å². The fraction of sp³-hybridized carbons (Fsp3) is 1.00. The average molecular weight is 237 g/mol. The van der Waals surface area contributed by atoms with Gasteiger partial charge in [0.1, 0.15) is 6.61 Å². The highest BCUT2D eigenvalue weighted by Crippen LogP contribution is 2.24. The second kappa shape index (κ2) is 8.13. The van der Waals surface area contributed by atoms with Gasteiger partial charge in [-0.15, -0.1) is 4.52 Å². The molecule has 0 aliphatic carbocycles. The number of nitrogens with zero attached hydrogens (tertiary/aromatic N) is 1. The molecule has 0 heterocycles. The molecular formula is C9H22N2O3P+. The first-order valence-electron chi connectivity index (χ1n) is 5.14. The van der Waals surface area contributed by atoms with E-state index < -0.39 is 8.18 Å². The van der Waals surface area contributed by atoms with Crippen LogP contribution in [0.5, 0.6) is 0 Å². The highest BCUT2D eigenvalue weighted by molar-refractivity contribution is 7.36. The Morgan fingerprint density at radius 3 is 2.47 bits per heavy atom. The van der Waals surface area contributed by atoms with Crippen LogP contribution in [0.1, 0.15) is 20.3 Å². The minimum absolute atomic E-state index is 0.152. The summed E-state index contributed by atoms with van der Waals surface area (Å²) < 4.78 is 23.5. The Kier molecular flexibility index (Phi) is 8.10. The van der Waals surface area contributed by atoms with Gasteiger partial charge in [0.05, 0.1) is 12.2 Å². The van der Waals surface area contributed by atoms with Crippen LogP contribution in [0.25, 0.3) is 0 Å².